The number of carbonyl (C=O) groups is 2. The Hall–Kier alpha value is -2.62. The maximum Gasteiger partial charge on any atom is 0.272 e. The summed E-state index contributed by atoms with van der Waals surface area (Å²) < 4.78 is 0. The van der Waals surface area contributed by atoms with Gasteiger partial charge in [0.2, 0.25) is 0 Å². The van der Waals surface area contributed by atoms with Crippen LogP contribution in [0.3, 0.4) is 0 Å². The normalized spacial score (nSPS) is 14.0. The van der Waals surface area contributed by atoms with E-state index in [0.29, 0.717) is 17.0 Å². The molecule has 3 unspecified atom stereocenters. The van der Waals surface area contributed by atoms with Crippen molar-refractivity contribution in [3.63, 3.8) is 0 Å². The van der Waals surface area contributed by atoms with Crippen molar-refractivity contribution in [1.29, 1.82) is 0 Å². The zero-order chi connectivity index (χ0) is 21.7. The van der Waals surface area contributed by atoms with Crippen LogP contribution in [-0.2, 0) is 0 Å². The second-order valence-corrected chi connectivity index (χ2v) is 8.34. The van der Waals surface area contributed by atoms with Gasteiger partial charge in [-0.05, 0) is 63.8 Å². The Balaban J connectivity index is 2.37. The minimum absolute atomic E-state index is 0.146. The number of hydrazine groups is 1. The third kappa shape index (κ3) is 5.69. The van der Waals surface area contributed by atoms with Crippen LogP contribution in [0.25, 0.3) is 0 Å². The molecule has 2 amide bonds. The number of aryl methyl sites for hydroxylation is 3. The number of benzene rings is 2. The quantitative estimate of drug-likeness (QED) is 0.661. The van der Waals surface area contributed by atoms with Crippen LogP contribution in [0.4, 0.5) is 0 Å². The molecule has 0 aliphatic heterocycles. The van der Waals surface area contributed by atoms with Crippen LogP contribution in [0.5, 0.6) is 0 Å². The maximum atomic E-state index is 13.4. The lowest BCUT2D eigenvalue weighted by Gasteiger charge is -2.35. The smallest absolute Gasteiger partial charge is 0.267 e. The van der Waals surface area contributed by atoms with E-state index >= 15 is 0 Å². The fourth-order valence-electron chi connectivity index (χ4n) is 3.54. The third-order valence-electron chi connectivity index (χ3n) is 5.93. The van der Waals surface area contributed by atoms with Gasteiger partial charge in [-0.3, -0.25) is 15.0 Å². The lowest BCUT2D eigenvalue weighted by molar-refractivity contribution is 0.0388. The van der Waals surface area contributed by atoms with E-state index in [-0.39, 0.29) is 23.8 Å². The summed E-state index contributed by atoms with van der Waals surface area (Å²) in [6.45, 7) is 14.4. The zero-order valence-corrected chi connectivity index (χ0v) is 18.7. The number of nitrogens with one attached hydrogen (secondary N) is 1. The summed E-state index contributed by atoms with van der Waals surface area (Å²) in [5.74, 6) is 0.204. The van der Waals surface area contributed by atoms with Crippen LogP contribution >= 0.6 is 0 Å². The van der Waals surface area contributed by atoms with Gasteiger partial charge in [-0.15, -0.1) is 0 Å². The first kappa shape index (κ1) is 22.7. The summed E-state index contributed by atoms with van der Waals surface area (Å²) in [5.41, 5.74) is 7.17. The van der Waals surface area contributed by atoms with Crippen molar-refractivity contribution in [3.05, 3.63) is 70.3 Å². The number of rotatable bonds is 6. The molecule has 29 heavy (non-hydrogen) atoms. The second-order valence-electron chi connectivity index (χ2n) is 8.34. The summed E-state index contributed by atoms with van der Waals surface area (Å²) in [6.07, 6.45) is 1.02. The summed E-state index contributed by atoms with van der Waals surface area (Å²) in [4.78, 5) is 26.3. The highest BCUT2D eigenvalue weighted by molar-refractivity contribution is 5.99. The molecule has 4 nitrogen and oxygen atoms in total. The molecule has 156 valence electrons. The Morgan fingerprint density at radius 1 is 0.862 bits per heavy atom. The van der Waals surface area contributed by atoms with E-state index in [0.717, 1.165) is 23.1 Å². The van der Waals surface area contributed by atoms with Gasteiger partial charge in [0.25, 0.3) is 11.8 Å². The van der Waals surface area contributed by atoms with E-state index in [1.807, 2.05) is 58.0 Å². The van der Waals surface area contributed by atoms with Crippen LogP contribution in [0.15, 0.2) is 42.5 Å². The lowest BCUT2D eigenvalue weighted by Crippen LogP contribution is -2.53. The van der Waals surface area contributed by atoms with E-state index in [1.54, 1.807) is 12.1 Å². The van der Waals surface area contributed by atoms with Crippen molar-refractivity contribution in [3.8, 4) is 0 Å². The molecule has 0 saturated carbocycles. The minimum atomic E-state index is -0.272. The van der Waals surface area contributed by atoms with Crippen LogP contribution in [0.1, 0.15) is 71.5 Å². The van der Waals surface area contributed by atoms with Crippen molar-refractivity contribution in [2.24, 2.45) is 11.8 Å². The van der Waals surface area contributed by atoms with Crippen LogP contribution in [-0.4, -0.2) is 22.9 Å². The second kappa shape index (κ2) is 9.73. The molecular weight excluding hydrogens is 360 g/mol. The predicted octanol–water partition coefficient (Wildman–Crippen LogP) is 5.47. The maximum absolute atomic E-state index is 13.4. The standard InChI is InChI=1S/C25H34N2O2/c1-8-19(5)20(6)21(7)27(25(29)23-14-17(3)13-18(4)15-23)26-24(28)22-11-9-16(2)10-12-22/h9-15,19-21H,8H2,1-7H3,(H,26,28). The van der Waals surface area contributed by atoms with Crippen LogP contribution < -0.4 is 5.43 Å². The molecule has 3 atom stereocenters. The first-order valence-corrected chi connectivity index (χ1v) is 10.4. The summed E-state index contributed by atoms with van der Waals surface area (Å²) in [5, 5.41) is 1.52. The molecule has 0 saturated heterocycles. The molecule has 4 heteroatoms. The summed E-state index contributed by atoms with van der Waals surface area (Å²) in [6, 6.07) is 13.0. The highest BCUT2D eigenvalue weighted by atomic mass is 16.2. The average Bonchev–Trinajstić information content (AvgIpc) is 2.69. The molecule has 2 aromatic rings. The Bertz CT molecular complexity index is 837. The fraction of sp³-hybridized carbons (Fsp3) is 0.440. The van der Waals surface area contributed by atoms with Crippen LogP contribution in [0.2, 0.25) is 0 Å². The van der Waals surface area contributed by atoms with Crippen molar-refractivity contribution < 1.29 is 9.59 Å². The molecule has 0 aromatic heterocycles. The molecule has 0 aliphatic rings. The molecular formula is C25H34N2O2. The molecule has 1 N–H and O–H groups in total. The first-order valence-electron chi connectivity index (χ1n) is 10.4. The van der Waals surface area contributed by atoms with Gasteiger partial charge in [0.1, 0.15) is 0 Å². The number of carbonyl (C=O) groups excluding carboxylic acids is 2. The van der Waals surface area contributed by atoms with Gasteiger partial charge in [0, 0.05) is 11.1 Å². The average molecular weight is 395 g/mol. The van der Waals surface area contributed by atoms with Gasteiger partial charge in [-0.25, -0.2) is 5.01 Å². The van der Waals surface area contributed by atoms with Gasteiger partial charge < -0.3 is 0 Å². The van der Waals surface area contributed by atoms with Gasteiger partial charge in [0.05, 0.1) is 6.04 Å². The highest BCUT2D eigenvalue weighted by Gasteiger charge is 2.30. The topological polar surface area (TPSA) is 49.4 Å². The molecule has 0 heterocycles. The zero-order valence-electron chi connectivity index (χ0n) is 18.7. The van der Waals surface area contributed by atoms with E-state index in [9.17, 15) is 9.59 Å². The number of nitrogens with zero attached hydrogens (tertiary/aromatic N) is 1. The van der Waals surface area contributed by atoms with Gasteiger partial charge in [0.15, 0.2) is 0 Å². The molecule has 2 aromatic carbocycles. The largest absolute Gasteiger partial charge is 0.272 e. The van der Waals surface area contributed by atoms with Gasteiger partial charge in [-0.1, -0.05) is 62.1 Å². The number of amides is 2. The Morgan fingerprint density at radius 3 is 1.93 bits per heavy atom. The van der Waals surface area contributed by atoms with Crippen molar-refractivity contribution in [1.82, 2.24) is 10.4 Å². The Morgan fingerprint density at radius 2 is 1.41 bits per heavy atom. The van der Waals surface area contributed by atoms with Crippen molar-refractivity contribution in [2.45, 2.75) is 60.9 Å². The van der Waals surface area contributed by atoms with Crippen molar-refractivity contribution >= 4 is 11.8 Å². The minimum Gasteiger partial charge on any atom is -0.267 e. The highest BCUT2D eigenvalue weighted by Crippen LogP contribution is 2.23. The van der Waals surface area contributed by atoms with E-state index in [4.69, 9.17) is 0 Å². The Labute approximate surface area is 175 Å². The lowest BCUT2D eigenvalue weighted by atomic mass is 9.87. The van der Waals surface area contributed by atoms with E-state index in [1.165, 1.54) is 5.01 Å². The fourth-order valence-corrected chi connectivity index (χ4v) is 3.54. The number of hydrogen-bond acceptors (Lipinski definition) is 2. The molecule has 0 fully saturated rings. The van der Waals surface area contributed by atoms with E-state index < -0.39 is 0 Å². The van der Waals surface area contributed by atoms with Gasteiger partial charge in [-0.2, -0.15) is 0 Å². The van der Waals surface area contributed by atoms with Crippen LogP contribution in [0, 0.1) is 32.6 Å². The number of hydrogen-bond donors (Lipinski definition) is 1. The Kier molecular flexibility index (Phi) is 7.60. The molecule has 0 bridgehead atoms. The SMILES string of the molecule is CCC(C)C(C)C(C)N(NC(=O)c1ccc(C)cc1)C(=O)c1cc(C)cc(C)c1. The third-order valence-corrected chi connectivity index (χ3v) is 5.93. The molecule has 0 spiro atoms. The monoisotopic (exact) mass is 394 g/mol. The molecule has 0 aliphatic carbocycles. The summed E-state index contributed by atoms with van der Waals surface area (Å²) >= 11 is 0. The molecule has 0 radical (unpaired) electrons. The van der Waals surface area contributed by atoms with E-state index in [2.05, 4.69) is 26.2 Å². The van der Waals surface area contributed by atoms with Crippen molar-refractivity contribution in [2.75, 3.05) is 0 Å². The predicted molar refractivity (Wildman–Crippen MR) is 119 cm³/mol. The first-order chi connectivity index (χ1) is 13.6. The summed E-state index contributed by atoms with van der Waals surface area (Å²) in [7, 11) is 0. The van der Waals surface area contributed by atoms with Gasteiger partial charge >= 0.3 is 0 Å². The molecule has 2 rings (SSSR count).